The van der Waals surface area contributed by atoms with Crippen LogP contribution in [0, 0.1) is 10.1 Å². The zero-order valence-corrected chi connectivity index (χ0v) is 14.9. The van der Waals surface area contributed by atoms with Gasteiger partial charge in [-0.3, -0.25) is 14.9 Å². The molecular formula is C20H22N2O5. The van der Waals surface area contributed by atoms with Gasteiger partial charge in [-0.1, -0.05) is 42.5 Å². The number of non-ortho nitro benzene ring substituents is 1. The molecule has 0 aliphatic carbocycles. The van der Waals surface area contributed by atoms with Gasteiger partial charge in [-0.15, -0.1) is 0 Å². The third-order valence-corrected chi connectivity index (χ3v) is 4.34. The highest BCUT2D eigenvalue weighted by Gasteiger charge is 2.22. The number of nitro benzene ring substituents is 1. The van der Waals surface area contributed by atoms with Gasteiger partial charge < -0.3 is 14.8 Å². The number of nitro groups is 1. The lowest BCUT2D eigenvalue weighted by Crippen LogP contribution is -2.40. The van der Waals surface area contributed by atoms with Crippen LogP contribution in [0.2, 0.25) is 0 Å². The Morgan fingerprint density at radius 1 is 1.15 bits per heavy atom. The molecule has 0 spiro atoms. The monoisotopic (exact) mass is 370 g/mol. The molecule has 0 radical (unpaired) electrons. The van der Waals surface area contributed by atoms with Gasteiger partial charge in [0.15, 0.2) is 6.29 Å². The first-order chi connectivity index (χ1) is 13.1. The standard InChI is InChI=1S/C20H22N2O5/c23-19(12-15-6-2-1-3-7-15)21-17-9-5-11-26-20(27-14-17)16-8-4-10-18(13-16)22(24)25/h1-4,6-8,10,13,17,20H,5,9,11-12,14H2,(H,21,23)/t17-,20+/m0/s1. The Balaban J connectivity index is 1.58. The van der Waals surface area contributed by atoms with E-state index in [9.17, 15) is 14.9 Å². The molecule has 7 nitrogen and oxygen atoms in total. The molecule has 0 bridgehead atoms. The lowest BCUT2D eigenvalue weighted by molar-refractivity contribution is -0.385. The molecule has 1 fully saturated rings. The second-order valence-electron chi connectivity index (χ2n) is 6.46. The quantitative estimate of drug-likeness (QED) is 0.645. The van der Waals surface area contributed by atoms with Crippen molar-refractivity contribution < 1.29 is 19.2 Å². The Hall–Kier alpha value is -2.77. The van der Waals surface area contributed by atoms with Crippen molar-refractivity contribution in [1.29, 1.82) is 0 Å². The summed E-state index contributed by atoms with van der Waals surface area (Å²) in [7, 11) is 0. The number of benzene rings is 2. The van der Waals surface area contributed by atoms with Crippen molar-refractivity contribution >= 4 is 11.6 Å². The van der Waals surface area contributed by atoms with Crippen LogP contribution in [-0.2, 0) is 20.7 Å². The number of nitrogens with zero attached hydrogens (tertiary/aromatic N) is 1. The van der Waals surface area contributed by atoms with Crippen molar-refractivity contribution in [2.75, 3.05) is 13.2 Å². The molecule has 1 aliphatic rings. The molecule has 3 rings (SSSR count). The van der Waals surface area contributed by atoms with Crippen molar-refractivity contribution in [3.63, 3.8) is 0 Å². The lowest BCUT2D eigenvalue weighted by Gasteiger charge is -2.27. The van der Waals surface area contributed by atoms with E-state index >= 15 is 0 Å². The second kappa shape index (κ2) is 9.25. The fourth-order valence-electron chi connectivity index (χ4n) is 3.01. The second-order valence-corrected chi connectivity index (χ2v) is 6.46. The van der Waals surface area contributed by atoms with Crippen molar-refractivity contribution in [2.24, 2.45) is 0 Å². The minimum absolute atomic E-state index is 0.00512. The average molecular weight is 370 g/mol. The van der Waals surface area contributed by atoms with Crippen LogP contribution in [0.25, 0.3) is 0 Å². The minimum Gasteiger partial charge on any atom is -0.351 e. The summed E-state index contributed by atoms with van der Waals surface area (Å²) in [6.07, 6.45) is 1.16. The van der Waals surface area contributed by atoms with Crippen LogP contribution in [-0.4, -0.2) is 30.1 Å². The van der Waals surface area contributed by atoms with Crippen LogP contribution in [0.5, 0.6) is 0 Å². The highest BCUT2D eigenvalue weighted by Crippen LogP contribution is 2.25. The van der Waals surface area contributed by atoms with E-state index in [4.69, 9.17) is 9.47 Å². The first kappa shape index (κ1) is 19.0. The third-order valence-electron chi connectivity index (χ3n) is 4.34. The van der Waals surface area contributed by atoms with E-state index in [-0.39, 0.29) is 24.2 Å². The van der Waals surface area contributed by atoms with Crippen molar-refractivity contribution in [1.82, 2.24) is 5.32 Å². The van der Waals surface area contributed by atoms with E-state index in [0.717, 1.165) is 18.4 Å². The molecule has 142 valence electrons. The number of hydrogen-bond acceptors (Lipinski definition) is 5. The highest BCUT2D eigenvalue weighted by molar-refractivity contribution is 5.78. The Bertz CT molecular complexity index is 781. The van der Waals surface area contributed by atoms with E-state index in [1.165, 1.54) is 12.1 Å². The van der Waals surface area contributed by atoms with Gasteiger partial charge >= 0.3 is 0 Å². The van der Waals surface area contributed by atoms with Gasteiger partial charge in [-0.2, -0.15) is 0 Å². The van der Waals surface area contributed by atoms with Crippen molar-refractivity contribution in [3.05, 3.63) is 75.8 Å². The van der Waals surface area contributed by atoms with E-state index in [1.54, 1.807) is 12.1 Å². The molecule has 2 atom stereocenters. The normalized spacial score (nSPS) is 20.3. The van der Waals surface area contributed by atoms with Gasteiger partial charge in [0, 0.05) is 17.7 Å². The van der Waals surface area contributed by atoms with Gasteiger partial charge in [0.2, 0.25) is 5.91 Å². The van der Waals surface area contributed by atoms with Crippen molar-refractivity contribution in [2.45, 2.75) is 31.6 Å². The summed E-state index contributed by atoms with van der Waals surface area (Å²) in [5.74, 6) is -0.0526. The molecule has 0 aromatic heterocycles. The van der Waals surface area contributed by atoms with Crippen LogP contribution >= 0.6 is 0 Å². The molecule has 1 N–H and O–H groups in total. The zero-order chi connectivity index (χ0) is 19.1. The molecular weight excluding hydrogens is 348 g/mol. The Morgan fingerprint density at radius 3 is 2.74 bits per heavy atom. The van der Waals surface area contributed by atoms with E-state index in [1.807, 2.05) is 30.3 Å². The summed E-state index contributed by atoms with van der Waals surface area (Å²) in [5.41, 5.74) is 1.55. The number of hydrogen-bond donors (Lipinski definition) is 1. The van der Waals surface area contributed by atoms with Crippen LogP contribution in [0.15, 0.2) is 54.6 Å². The smallest absolute Gasteiger partial charge is 0.269 e. The summed E-state index contributed by atoms with van der Waals surface area (Å²) in [5, 5.41) is 14.0. The molecule has 1 aliphatic heterocycles. The van der Waals surface area contributed by atoms with Gasteiger partial charge in [0.25, 0.3) is 5.69 Å². The topological polar surface area (TPSA) is 90.7 Å². The first-order valence-electron chi connectivity index (χ1n) is 8.92. The van der Waals surface area contributed by atoms with Crippen LogP contribution < -0.4 is 5.32 Å². The average Bonchev–Trinajstić information content (AvgIpc) is 2.65. The summed E-state index contributed by atoms with van der Waals surface area (Å²) in [4.78, 5) is 22.8. The largest absolute Gasteiger partial charge is 0.351 e. The number of carbonyl (C=O) groups is 1. The predicted molar refractivity (Wildman–Crippen MR) is 99.1 cm³/mol. The lowest BCUT2D eigenvalue weighted by atomic mass is 10.1. The molecule has 1 saturated heterocycles. The number of nitrogens with one attached hydrogen (secondary N) is 1. The Morgan fingerprint density at radius 2 is 1.96 bits per heavy atom. The molecule has 1 amide bonds. The molecule has 2 aromatic carbocycles. The maximum atomic E-state index is 12.3. The molecule has 1 heterocycles. The molecule has 27 heavy (non-hydrogen) atoms. The van der Waals surface area contributed by atoms with Gasteiger partial charge in [0.1, 0.15) is 0 Å². The molecule has 0 unspecified atom stereocenters. The number of amides is 1. The Kier molecular flexibility index (Phi) is 6.51. The predicted octanol–water partition coefficient (Wildman–Crippen LogP) is 3.15. The third kappa shape index (κ3) is 5.60. The fourth-order valence-corrected chi connectivity index (χ4v) is 3.01. The van der Waals surface area contributed by atoms with Gasteiger partial charge in [-0.05, 0) is 18.4 Å². The maximum absolute atomic E-state index is 12.3. The maximum Gasteiger partial charge on any atom is 0.269 e. The van der Waals surface area contributed by atoms with Gasteiger partial charge in [0.05, 0.1) is 30.6 Å². The number of carbonyl (C=O) groups excluding carboxylic acids is 1. The molecule has 2 aromatic rings. The summed E-state index contributed by atoms with van der Waals surface area (Å²) >= 11 is 0. The van der Waals surface area contributed by atoms with Crippen LogP contribution in [0.1, 0.15) is 30.3 Å². The summed E-state index contributed by atoms with van der Waals surface area (Å²) in [6.45, 7) is 0.742. The van der Waals surface area contributed by atoms with E-state index in [2.05, 4.69) is 5.32 Å². The fraction of sp³-hybridized carbons (Fsp3) is 0.350. The van der Waals surface area contributed by atoms with E-state index < -0.39 is 11.2 Å². The summed E-state index contributed by atoms with van der Waals surface area (Å²) < 4.78 is 11.5. The van der Waals surface area contributed by atoms with E-state index in [0.29, 0.717) is 18.6 Å². The minimum atomic E-state index is -0.682. The molecule has 0 saturated carbocycles. The first-order valence-corrected chi connectivity index (χ1v) is 8.92. The SMILES string of the molecule is O=C(Cc1ccccc1)N[C@H]1CCCO[C@@H](c2cccc([N+](=O)[O-])c2)OC1. The van der Waals surface area contributed by atoms with Crippen LogP contribution in [0.4, 0.5) is 5.69 Å². The number of rotatable bonds is 5. The number of ether oxygens (including phenoxy) is 2. The summed E-state index contributed by atoms with van der Waals surface area (Å²) in [6, 6.07) is 15.7. The van der Waals surface area contributed by atoms with Crippen LogP contribution in [0.3, 0.4) is 0 Å². The highest BCUT2D eigenvalue weighted by atomic mass is 16.7. The van der Waals surface area contributed by atoms with Crippen molar-refractivity contribution in [3.8, 4) is 0 Å². The molecule has 7 heteroatoms. The zero-order valence-electron chi connectivity index (χ0n) is 14.9. The van der Waals surface area contributed by atoms with Gasteiger partial charge in [-0.25, -0.2) is 0 Å². The Labute approximate surface area is 157 Å².